The molecular weight excluding hydrogens is 219 g/mol. The predicted octanol–water partition coefficient (Wildman–Crippen LogP) is 0.772. The molecule has 1 rings (SSSR count). The average Bonchev–Trinajstić information content (AvgIpc) is 2.05. The molecule has 0 saturated heterocycles. The molecule has 62 valence electrons. The summed E-state index contributed by atoms with van der Waals surface area (Å²) in [6.07, 6.45) is 1.65. The van der Waals surface area contributed by atoms with Crippen molar-refractivity contribution in [1.82, 2.24) is 0 Å². The van der Waals surface area contributed by atoms with Gasteiger partial charge in [0.25, 0.3) is 0 Å². The van der Waals surface area contributed by atoms with Crippen LogP contribution in [0.1, 0.15) is 5.56 Å². The minimum atomic E-state index is -1.42. The van der Waals surface area contributed by atoms with Gasteiger partial charge in [-0.05, 0) is 17.1 Å². The molecule has 0 aliphatic heterocycles. The zero-order chi connectivity index (χ0) is 9.14. The standard InChI is InChI=1S/C8H8BBrO2/c1-2-6-5-7(9(11)12)3-4-8(6)10/h2-5,11-12H,1H2. The Labute approximate surface area is 79.8 Å². The van der Waals surface area contributed by atoms with E-state index >= 15 is 0 Å². The molecule has 4 heteroatoms. The van der Waals surface area contributed by atoms with Crippen LogP contribution in [0.2, 0.25) is 0 Å². The van der Waals surface area contributed by atoms with E-state index in [1.807, 2.05) is 0 Å². The number of hydrogen-bond acceptors (Lipinski definition) is 2. The first-order valence-electron chi connectivity index (χ1n) is 3.43. The Morgan fingerprint density at radius 1 is 1.42 bits per heavy atom. The van der Waals surface area contributed by atoms with Crippen LogP contribution in [0.5, 0.6) is 0 Å². The molecular formula is C8H8BBrO2. The molecule has 0 unspecified atom stereocenters. The second-order valence-corrected chi connectivity index (χ2v) is 3.21. The van der Waals surface area contributed by atoms with Crippen molar-refractivity contribution >= 4 is 34.6 Å². The van der Waals surface area contributed by atoms with Gasteiger partial charge >= 0.3 is 7.12 Å². The van der Waals surface area contributed by atoms with Crippen molar-refractivity contribution in [3.8, 4) is 0 Å². The topological polar surface area (TPSA) is 40.5 Å². The van der Waals surface area contributed by atoms with E-state index in [4.69, 9.17) is 10.0 Å². The summed E-state index contributed by atoms with van der Waals surface area (Å²) >= 11 is 3.31. The number of hydrogen-bond donors (Lipinski definition) is 2. The zero-order valence-corrected chi connectivity index (χ0v) is 7.95. The minimum absolute atomic E-state index is 0.466. The quantitative estimate of drug-likeness (QED) is 0.732. The molecule has 0 radical (unpaired) electrons. The van der Waals surface area contributed by atoms with Gasteiger partial charge in [-0.3, -0.25) is 0 Å². The Hall–Kier alpha value is -0.575. The summed E-state index contributed by atoms with van der Waals surface area (Å²) in [5.41, 5.74) is 1.31. The molecule has 0 amide bonds. The third-order valence-corrected chi connectivity index (χ3v) is 2.26. The van der Waals surface area contributed by atoms with E-state index < -0.39 is 7.12 Å². The van der Waals surface area contributed by atoms with Crippen LogP contribution >= 0.6 is 15.9 Å². The second-order valence-electron chi connectivity index (χ2n) is 2.36. The fourth-order valence-electron chi connectivity index (χ4n) is 0.879. The Morgan fingerprint density at radius 2 is 2.08 bits per heavy atom. The molecule has 1 aromatic rings. The molecule has 0 spiro atoms. The first kappa shape index (κ1) is 9.51. The molecule has 0 aromatic heterocycles. The van der Waals surface area contributed by atoms with Gasteiger partial charge in [-0.1, -0.05) is 40.7 Å². The van der Waals surface area contributed by atoms with Gasteiger partial charge in [0, 0.05) is 4.47 Å². The minimum Gasteiger partial charge on any atom is -0.423 e. The summed E-state index contributed by atoms with van der Waals surface area (Å²) in [6, 6.07) is 5.06. The largest absolute Gasteiger partial charge is 0.488 e. The first-order valence-corrected chi connectivity index (χ1v) is 4.22. The SMILES string of the molecule is C=Cc1cc(B(O)O)ccc1Br. The summed E-state index contributed by atoms with van der Waals surface area (Å²) in [7, 11) is -1.42. The van der Waals surface area contributed by atoms with Gasteiger partial charge in [-0.2, -0.15) is 0 Å². The van der Waals surface area contributed by atoms with Crippen LogP contribution in [-0.2, 0) is 0 Å². The maximum atomic E-state index is 8.84. The zero-order valence-electron chi connectivity index (χ0n) is 6.37. The van der Waals surface area contributed by atoms with Gasteiger partial charge < -0.3 is 10.0 Å². The van der Waals surface area contributed by atoms with Gasteiger partial charge in [-0.25, -0.2) is 0 Å². The maximum Gasteiger partial charge on any atom is 0.488 e. The fraction of sp³-hybridized carbons (Fsp3) is 0. The smallest absolute Gasteiger partial charge is 0.423 e. The molecule has 0 aliphatic carbocycles. The van der Waals surface area contributed by atoms with Gasteiger partial charge in [0.15, 0.2) is 0 Å². The number of halogens is 1. The maximum absolute atomic E-state index is 8.84. The molecule has 0 saturated carbocycles. The average molecular weight is 227 g/mol. The van der Waals surface area contributed by atoms with E-state index in [0.717, 1.165) is 10.0 Å². The highest BCUT2D eigenvalue weighted by Crippen LogP contribution is 2.15. The van der Waals surface area contributed by atoms with Crippen molar-refractivity contribution in [3.63, 3.8) is 0 Å². The van der Waals surface area contributed by atoms with Crippen LogP contribution in [-0.4, -0.2) is 17.2 Å². The van der Waals surface area contributed by atoms with Crippen molar-refractivity contribution in [2.75, 3.05) is 0 Å². The molecule has 0 aliphatic rings. The van der Waals surface area contributed by atoms with E-state index in [2.05, 4.69) is 22.5 Å². The third kappa shape index (κ3) is 1.97. The van der Waals surface area contributed by atoms with E-state index in [-0.39, 0.29) is 0 Å². The highest BCUT2D eigenvalue weighted by atomic mass is 79.9. The highest BCUT2D eigenvalue weighted by Gasteiger charge is 2.11. The van der Waals surface area contributed by atoms with E-state index in [9.17, 15) is 0 Å². The summed E-state index contributed by atoms with van der Waals surface area (Å²) in [5.74, 6) is 0. The molecule has 2 nitrogen and oxygen atoms in total. The van der Waals surface area contributed by atoms with Crippen molar-refractivity contribution in [2.24, 2.45) is 0 Å². The van der Waals surface area contributed by atoms with Crippen molar-refractivity contribution < 1.29 is 10.0 Å². The summed E-state index contributed by atoms with van der Waals surface area (Å²) in [6.45, 7) is 3.60. The molecule has 0 bridgehead atoms. The summed E-state index contributed by atoms with van der Waals surface area (Å²) in [5, 5.41) is 17.7. The first-order chi connectivity index (χ1) is 5.65. The molecule has 0 heterocycles. The highest BCUT2D eigenvalue weighted by molar-refractivity contribution is 9.10. The normalized spacial score (nSPS) is 9.58. The van der Waals surface area contributed by atoms with Crippen LogP contribution in [0, 0.1) is 0 Å². The van der Waals surface area contributed by atoms with Gasteiger partial charge in [0.05, 0.1) is 0 Å². The summed E-state index contributed by atoms with van der Waals surface area (Å²) in [4.78, 5) is 0. The lowest BCUT2D eigenvalue weighted by molar-refractivity contribution is 0.426. The van der Waals surface area contributed by atoms with E-state index in [1.54, 1.807) is 24.3 Å². The van der Waals surface area contributed by atoms with Crippen LogP contribution in [0.25, 0.3) is 6.08 Å². The van der Waals surface area contributed by atoms with Crippen molar-refractivity contribution in [3.05, 3.63) is 34.8 Å². The van der Waals surface area contributed by atoms with Crippen molar-refractivity contribution in [1.29, 1.82) is 0 Å². The van der Waals surface area contributed by atoms with Crippen LogP contribution < -0.4 is 5.46 Å². The lowest BCUT2D eigenvalue weighted by Crippen LogP contribution is -2.29. The van der Waals surface area contributed by atoms with Crippen LogP contribution in [0.4, 0.5) is 0 Å². The van der Waals surface area contributed by atoms with E-state index in [0.29, 0.717) is 5.46 Å². The Kier molecular flexibility index (Phi) is 3.09. The fourth-order valence-corrected chi connectivity index (χ4v) is 1.29. The van der Waals surface area contributed by atoms with Crippen molar-refractivity contribution in [2.45, 2.75) is 0 Å². The third-order valence-electron chi connectivity index (χ3n) is 1.54. The van der Waals surface area contributed by atoms with Gasteiger partial charge in [0.2, 0.25) is 0 Å². The second kappa shape index (κ2) is 3.89. The number of benzene rings is 1. The molecule has 2 N–H and O–H groups in total. The Bertz CT molecular complexity index is 299. The van der Waals surface area contributed by atoms with Gasteiger partial charge in [-0.15, -0.1) is 0 Å². The monoisotopic (exact) mass is 226 g/mol. The molecule has 1 aromatic carbocycles. The lowest BCUT2D eigenvalue weighted by atomic mass is 9.80. The molecule has 0 fully saturated rings. The molecule has 0 atom stereocenters. The Morgan fingerprint density at radius 3 is 2.58 bits per heavy atom. The lowest BCUT2D eigenvalue weighted by Gasteiger charge is -2.02. The van der Waals surface area contributed by atoms with Crippen LogP contribution in [0.15, 0.2) is 29.3 Å². The summed E-state index contributed by atoms with van der Waals surface area (Å²) < 4.78 is 0.891. The van der Waals surface area contributed by atoms with Crippen LogP contribution in [0.3, 0.4) is 0 Å². The molecule has 12 heavy (non-hydrogen) atoms. The Balaban J connectivity index is 3.13. The van der Waals surface area contributed by atoms with Gasteiger partial charge in [0.1, 0.15) is 0 Å². The number of rotatable bonds is 2. The predicted molar refractivity (Wildman–Crippen MR) is 54.1 cm³/mol. The van der Waals surface area contributed by atoms with E-state index in [1.165, 1.54) is 0 Å².